The van der Waals surface area contributed by atoms with E-state index in [2.05, 4.69) is 6.07 Å². The van der Waals surface area contributed by atoms with E-state index < -0.39 is 10.3 Å². The van der Waals surface area contributed by atoms with E-state index >= 15 is 0 Å². The summed E-state index contributed by atoms with van der Waals surface area (Å²) >= 11 is 0. The second-order valence-electron chi connectivity index (χ2n) is 4.64. The number of rotatable bonds is 3. The van der Waals surface area contributed by atoms with Crippen LogP contribution in [0.3, 0.4) is 0 Å². The number of hydrogen-bond donors (Lipinski definition) is 1. The van der Waals surface area contributed by atoms with Crippen molar-refractivity contribution in [2.75, 3.05) is 0 Å². The van der Waals surface area contributed by atoms with Gasteiger partial charge in [0.25, 0.3) is 5.69 Å². The Balaban J connectivity index is 2.80. The summed E-state index contributed by atoms with van der Waals surface area (Å²) in [5, 5.41) is 30.8. The minimum Gasteiger partial charge on any atom is -0.508 e. The van der Waals surface area contributed by atoms with Crippen molar-refractivity contribution in [2.45, 2.75) is 25.2 Å². The molecule has 5 heteroatoms. The van der Waals surface area contributed by atoms with Crippen molar-refractivity contribution in [1.82, 2.24) is 0 Å². The van der Waals surface area contributed by atoms with Crippen molar-refractivity contribution in [3.63, 3.8) is 0 Å². The maximum atomic E-state index is 11.3. The van der Waals surface area contributed by atoms with Gasteiger partial charge in [0, 0.05) is 11.6 Å². The highest BCUT2D eigenvalue weighted by Crippen LogP contribution is 2.42. The predicted octanol–water partition coefficient (Wildman–Crippen LogP) is 3.14. The van der Waals surface area contributed by atoms with Crippen LogP contribution in [0.2, 0.25) is 0 Å². The van der Waals surface area contributed by atoms with Crippen molar-refractivity contribution in [1.29, 1.82) is 5.26 Å². The van der Waals surface area contributed by atoms with E-state index in [0.29, 0.717) is 24.0 Å². The lowest BCUT2D eigenvalue weighted by Crippen LogP contribution is -2.25. The Morgan fingerprint density at radius 1 is 1.50 bits per heavy atom. The van der Waals surface area contributed by atoms with Crippen molar-refractivity contribution in [3.05, 3.63) is 57.7 Å². The van der Waals surface area contributed by atoms with Gasteiger partial charge >= 0.3 is 0 Å². The largest absolute Gasteiger partial charge is 0.508 e. The normalized spacial score (nSPS) is 20.6. The summed E-state index contributed by atoms with van der Waals surface area (Å²) in [6, 6.07) is 4.75. The first-order chi connectivity index (χ1) is 9.55. The van der Waals surface area contributed by atoms with Gasteiger partial charge in [-0.15, -0.1) is 0 Å². The number of aromatic hydroxyl groups is 1. The molecular formula is C15H14N2O3. The van der Waals surface area contributed by atoms with Crippen molar-refractivity contribution < 1.29 is 10.0 Å². The fourth-order valence-electron chi connectivity index (χ4n) is 2.58. The predicted molar refractivity (Wildman–Crippen MR) is 74.3 cm³/mol. The number of benzene rings is 1. The van der Waals surface area contributed by atoms with Gasteiger partial charge in [-0.3, -0.25) is 10.1 Å². The average molecular weight is 270 g/mol. The van der Waals surface area contributed by atoms with Crippen LogP contribution in [-0.2, 0) is 11.8 Å². The summed E-state index contributed by atoms with van der Waals surface area (Å²) < 4.78 is 0. The van der Waals surface area contributed by atoms with E-state index in [1.165, 1.54) is 12.1 Å². The number of hydrogen-bond acceptors (Lipinski definition) is 4. The minimum absolute atomic E-state index is 0.00863. The van der Waals surface area contributed by atoms with Gasteiger partial charge in [0.1, 0.15) is 11.2 Å². The molecule has 0 amide bonds. The van der Waals surface area contributed by atoms with Crippen molar-refractivity contribution >= 4 is 5.69 Å². The molecule has 1 N–H and O–H groups in total. The van der Waals surface area contributed by atoms with Crippen LogP contribution in [0.15, 0.2) is 36.4 Å². The number of nitro groups is 1. The molecule has 1 aromatic rings. The second-order valence-corrected chi connectivity index (χ2v) is 4.64. The molecule has 1 aliphatic carbocycles. The highest BCUT2D eigenvalue weighted by atomic mass is 16.6. The number of allylic oxidation sites excluding steroid dienone is 4. The molecule has 0 spiro atoms. The quantitative estimate of drug-likeness (QED) is 0.675. The van der Waals surface area contributed by atoms with Crippen LogP contribution in [0, 0.1) is 21.4 Å². The smallest absolute Gasteiger partial charge is 0.275 e. The Morgan fingerprint density at radius 3 is 2.75 bits per heavy atom. The fraction of sp³-hybridized carbons (Fsp3) is 0.267. The van der Waals surface area contributed by atoms with Crippen LogP contribution in [0.1, 0.15) is 24.5 Å². The molecule has 102 valence electrons. The van der Waals surface area contributed by atoms with Crippen molar-refractivity contribution in [3.8, 4) is 11.8 Å². The number of nitriles is 1. The van der Waals surface area contributed by atoms with Crippen LogP contribution in [0.25, 0.3) is 0 Å². The van der Waals surface area contributed by atoms with Gasteiger partial charge in [0.15, 0.2) is 0 Å². The van der Waals surface area contributed by atoms with Gasteiger partial charge in [-0.2, -0.15) is 5.26 Å². The third kappa shape index (κ3) is 2.05. The Labute approximate surface area is 116 Å². The number of nitrogens with zero attached hydrogens (tertiary/aromatic N) is 2. The molecule has 0 saturated heterocycles. The number of nitro benzene ring substituents is 1. The SMILES string of the molecule is CCc1c(O)ccc([N+](=O)[O-])c1C1(C#N)C=CC=CC1. The van der Waals surface area contributed by atoms with E-state index in [1.54, 1.807) is 31.2 Å². The summed E-state index contributed by atoms with van der Waals surface area (Å²) in [5.41, 5.74) is -0.462. The van der Waals surface area contributed by atoms with Crippen LogP contribution in [0.4, 0.5) is 5.69 Å². The Hall–Kier alpha value is -2.61. The fourth-order valence-corrected chi connectivity index (χ4v) is 2.58. The lowest BCUT2D eigenvalue weighted by molar-refractivity contribution is -0.385. The molecule has 1 aromatic carbocycles. The molecule has 0 heterocycles. The molecular weight excluding hydrogens is 256 g/mol. The minimum atomic E-state index is -1.10. The molecule has 0 fully saturated rings. The molecule has 1 atom stereocenters. The van der Waals surface area contributed by atoms with Gasteiger partial charge in [0.05, 0.1) is 16.6 Å². The lowest BCUT2D eigenvalue weighted by atomic mass is 9.73. The summed E-state index contributed by atoms with van der Waals surface area (Å²) in [4.78, 5) is 10.8. The van der Waals surface area contributed by atoms with Crippen LogP contribution < -0.4 is 0 Å². The highest BCUT2D eigenvalue weighted by Gasteiger charge is 2.38. The summed E-state index contributed by atoms with van der Waals surface area (Å²) in [6.45, 7) is 1.80. The van der Waals surface area contributed by atoms with Gasteiger partial charge in [-0.05, 0) is 18.9 Å². The van der Waals surface area contributed by atoms with Gasteiger partial charge in [-0.25, -0.2) is 0 Å². The van der Waals surface area contributed by atoms with Crippen LogP contribution in [0.5, 0.6) is 5.75 Å². The van der Waals surface area contributed by atoms with Crippen LogP contribution >= 0.6 is 0 Å². The number of phenolic OH excluding ortho intramolecular Hbond substituents is 1. The van der Waals surface area contributed by atoms with E-state index in [1.807, 2.05) is 0 Å². The van der Waals surface area contributed by atoms with Gasteiger partial charge in [0.2, 0.25) is 0 Å². The van der Waals surface area contributed by atoms with Crippen LogP contribution in [-0.4, -0.2) is 10.0 Å². The zero-order chi connectivity index (χ0) is 14.8. The standard InChI is InChI=1S/C15H14N2O3/c1-2-11-13(18)7-6-12(17(19)20)14(11)15(10-16)8-4-3-5-9-15/h3-8,18H,2,9H2,1H3. The number of phenols is 1. The lowest BCUT2D eigenvalue weighted by Gasteiger charge is -2.26. The maximum absolute atomic E-state index is 11.3. The molecule has 1 aliphatic rings. The summed E-state index contributed by atoms with van der Waals surface area (Å²) in [7, 11) is 0. The topological polar surface area (TPSA) is 87.2 Å². The molecule has 20 heavy (non-hydrogen) atoms. The van der Waals surface area contributed by atoms with Gasteiger partial charge in [-0.1, -0.05) is 31.2 Å². The molecule has 0 aromatic heterocycles. The van der Waals surface area contributed by atoms with Crippen molar-refractivity contribution in [2.24, 2.45) is 0 Å². The zero-order valence-corrected chi connectivity index (χ0v) is 11.0. The Bertz CT molecular complexity index is 656. The summed E-state index contributed by atoms with van der Waals surface area (Å²) in [5.74, 6) is -0.00863. The molecule has 0 aliphatic heterocycles. The van der Waals surface area contributed by atoms with E-state index in [9.17, 15) is 20.5 Å². The molecule has 1 unspecified atom stereocenters. The Morgan fingerprint density at radius 2 is 2.25 bits per heavy atom. The van der Waals surface area contributed by atoms with E-state index in [0.717, 1.165) is 0 Å². The monoisotopic (exact) mass is 270 g/mol. The molecule has 2 rings (SSSR count). The molecule has 0 radical (unpaired) electrons. The third-order valence-electron chi connectivity index (χ3n) is 3.53. The molecule has 0 bridgehead atoms. The molecule has 5 nitrogen and oxygen atoms in total. The Kier molecular flexibility index (Phi) is 3.57. The first-order valence-corrected chi connectivity index (χ1v) is 6.31. The average Bonchev–Trinajstić information content (AvgIpc) is 2.47. The summed E-state index contributed by atoms with van der Waals surface area (Å²) in [6.07, 6.45) is 7.75. The highest BCUT2D eigenvalue weighted by molar-refractivity contribution is 5.61. The van der Waals surface area contributed by atoms with Gasteiger partial charge < -0.3 is 5.11 Å². The zero-order valence-electron chi connectivity index (χ0n) is 11.0. The van der Waals surface area contributed by atoms with E-state index in [4.69, 9.17) is 0 Å². The van der Waals surface area contributed by atoms with E-state index in [-0.39, 0.29) is 11.4 Å². The first-order valence-electron chi connectivity index (χ1n) is 6.31. The molecule has 0 saturated carbocycles. The first kappa shape index (κ1) is 13.8. The maximum Gasteiger partial charge on any atom is 0.275 e. The second kappa shape index (κ2) is 5.17. The third-order valence-corrected chi connectivity index (χ3v) is 3.53.